The largest absolute Gasteiger partial charge is 0.425 e. The molecule has 0 spiro atoms. The maximum Gasteiger partial charge on any atom is 0.326 e. The minimum Gasteiger partial charge on any atom is -0.425 e. The standard InChI is InChI=1S/C31H30O7/c1-28(2,3)23(32)21-19-15-11-7-9-13-17(15)37-26(35)30(19,21)25(34)31-20(22(31)24(33)29(4,5)6)16-12-8-10-14-18(16)38-27(31)36/h7-14,19-22H,1-6H3/t19-,20-,21-,22+,30-,31+/m1/s1. The monoisotopic (exact) mass is 514 g/mol. The third-order valence-corrected chi connectivity index (χ3v) is 8.79. The van der Waals surface area contributed by atoms with Gasteiger partial charge in [0.1, 0.15) is 33.9 Å². The lowest BCUT2D eigenvalue weighted by Crippen LogP contribution is -2.48. The van der Waals surface area contributed by atoms with Crippen LogP contribution in [0.4, 0.5) is 0 Å². The van der Waals surface area contributed by atoms with E-state index in [4.69, 9.17) is 9.47 Å². The summed E-state index contributed by atoms with van der Waals surface area (Å²) in [5, 5.41) is 0. The van der Waals surface area contributed by atoms with Gasteiger partial charge >= 0.3 is 11.9 Å². The van der Waals surface area contributed by atoms with Gasteiger partial charge in [0.2, 0.25) is 0 Å². The summed E-state index contributed by atoms with van der Waals surface area (Å²) in [5.74, 6) is -5.89. The first-order valence-corrected chi connectivity index (χ1v) is 13.0. The first kappa shape index (κ1) is 24.7. The lowest BCUT2D eigenvalue weighted by molar-refractivity contribution is -0.158. The zero-order valence-corrected chi connectivity index (χ0v) is 22.3. The summed E-state index contributed by atoms with van der Waals surface area (Å²) in [5.41, 5.74) is -4.33. The Morgan fingerprint density at radius 1 is 0.632 bits per heavy atom. The highest BCUT2D eigenvalue weighted by Gasteiger charge is 2.90. The minimum absolute atomic E-state index is 0.263. The molecule has 0 bridgehead atoms. The van der Waals surface area contributed by atoms with Gasteiger partial charge in [-0.25, -0.2) is 0 Å². The molecule has 6 atom stereocenters. The van der Waals surface area contributed by atoms with E-state index in [0.29, 0.717) is 22.6 Å². The highest BCUT2D eigenvalue weighted by molar-refractivity contribution is 6.28. The molecule has 38 heavy (non-hydrogen) atoms. The number of ketones is 3. The van der Waals surface area contributed by atoms with Crippen molar-refractivity contribution in [2.75, 3.05) is 0 Å². The fraction of sp³-hybridized carbons (Fsp3) is 0.452. The van der Waals surface area contributed by atoms with E-state index in [0.717, 1.165) is 0 Å². The molecule has 4 aliphatic rings. The van der Waals surface area contributed by atoms with Gasteiger partial charge in [-0.2, -0.15) is 0 Å². The van der Waals surface area contributed by atoms with Crippen LogP contribution >= 0.6 is 0 Å². The summed E-state index contributed by atoms with van der Waals surface area (Å²) >= 11 is 0. The third kappa shape index (κ3) is 2.82. The summed E-state index contributed by atoms with van der Waals surface area (Å²) < 4.78 is 11.4. The number of hydrogen-bond donors (Lipinski definition) is 0. The normalized spacial score (nSPS) is 32.5. The molecule has 2 aromatic carbocycles. The van der Waals surface area contributed by atoms with E-state index in [1.807, 2.05) is 0 Å². The fourth-order valence-electron chi connectivity index (χ4n) is 6.90. The molecular weight excluding hydrogens is 484 g/mol. The maximum atomic E-state index is 14.9. The van der Waals surface area contributed by atoms with Crippen LogP contribution < -0.4 is 9.47 Å². The molecule has 2 aliphatic carbocycles. The summed E-state index contributed by atoms with van der Waals surface area (Å²) in [7, 11) is 0. The van der Waals surface area contributed by atoms with Crippen molar-refractivity contribution in [2.45, 2.75) is 53.4 Å². The number of fused-ring (bicyclic) bond motifs is 6. The van der Waals surface area contributed by atoms with Crippen molar-refractivity contribution in [1.29, 1.82) is 0 Å². The molecular formula is C31H30O7. The quantitative estimate of drug-likeness (QED) is 0.338. The number of carbonyl (C=O) groups excluding carboxylic acids is 5. The van der Waals surface area contributed by atoms with Crippen LogP contribution in [0.5, 0.6) is 11.5 Å². The predicted molar refractivity (Wildman–Crippen MR) is 135 cm³/mol. The van der Waals surface area contributed by atoms with Crippen LogP contribution in [0, 0.1) is 33.5 Å². The van der Waals surface area contributed by atoms with Gasteiger partial charge in [-0.15, -0.1) is 0 Å². The van der Waals surface area contributed by atoms with E-state index in [-0.39, 0.29) is 11.6 Å². The lowest BCUT2D eigenvalue weighted by Gasteiger charge is -2.29. The topological polar surface area (TPSA) is 104 Å². The first-order valence-electron chi connectivity index (χ1n) is 13.0. The van der Waals surface area contributed by atoms with Gasteiger partial charge in [0.15, 0.2) is 5.78 Å². The minimum atomic E-state index is -1.89. The smallest absolute Gasteiger partial charge is 0.326 e. The van der Waals surface area contributed by atoms with Gasteiger partial charge in [-0.3, -0.25) is 24.0 Å². The summed E-state index contributed by atoms with van der Waals surface area (Å²) in [4.78, 5) is 70.0. The Morgan fingerprint density at radius 3 is 1.32 bits per heavy atom. The van der Waals surface area contributed by atoms with Crippen LogP contribution in [0.25, 0.3) is 0 Å². The molecule has 0 aromatic heterocycles. The Hall–Kier alpha value is -3.61. The number of esters is 2. The molecule has 2 aromatic rings. The first-order chi connectivity index (χ1) is 17.7. The van der Waals surface area contributed by atoms with E-state index >= 15 is 0 Å². The summed E-state index contributed by atoms with van der Waals surface area (Å²) in [6.45, 7) is 10.4. The molecule has 2 heterocycles. The average Bonchev–Trinajstić information content (AvgIpc) is 3.73. The second-order valence-electron chi connectivity index (χ2n) is 13.1. The molecule has 2 aliphatic heterocycles. The van der Waals surface area contributed by atoms with Crippen molar-refractivity contribution >= 4 is 29.3 Å². The van der Waals surface area contributed by atoms with Gasteiger partial charge in [0.05, 0.1) is 11.8 Å². The number of hydrogen-bond acceptors (Lipinski definition) is 7. The van der Waals surface area contributed by atoms with Crippen molar-refractivity contribution in [3.63, 3.8) is 0 Å². The highest BCUT2D eigenvalue weighted by atomic mass is 16.5. The van der Waals surface area contributed by atoms with Gasteiger partial charge in [-0.1, -0.05) is 77.9 Å². The highest BCUT2D eigenvalue weighted by Crippen LogP contribution is 2.79. The molecule has 196 valence electrons. The van der Waals surface area contributed by atoms with Crippen LogP contribution in [-0.2, 0) is 24.0 Å². The van der Waals surface area contributed by atoms with Crippen molar-refractivity contribution in [3.8, 4) is 11.5 Å². The van der Waals surface area contributed by atoms with E-state index < -0.39 is 63.1 Å². The second-order valence-corrected chi connectivity index (χ2v) is 13.1. The van der Waals surface area contributed by atoms with Crippen molar-refractivity contribution < 1.29 is 33.4 Å². The van der Waals surface area contributed by atoms with Crippen LogP contribution in [0.2, 0.25) is 0 Å². The maximum absolute atomic E-state index is 14.9. The second kappa shape index (κ2) is 7.28. The van der Waals surface area contributed by atoms with Crippen molar-refractivity contribution in [3.05, 3.63) is 59.7 Å². The summed E-state index contributed by atoms with van der Waals surface area (Å²) in [6.07, 6.45) is 0. The molecule has 0 saturated heterocycles. The Balaban J connectivity index is 1.56. The van der Waals surface area contributed by atoms with E-state index in [2.05, 4.69) is 0 Å². The zero-order valence-electron chi connectivity index (χ0n) is 22.3. The van der Waals surface area contributed by atoms with E-state index in [9.17, 15) is 24.0 Å². The van der Waals surface area contributed by atoms with Crippen molar-refractivity contribution in [2.24, 2.45) is 33.5 Å². The Kier molecular flexibility index (Phi) is 4.73. The van der Waals surface area contributed by atoms with E-state index in [1.54, 1.807) is 90.1 Å². The van der Waals surface area contributed by atoms with E-state index in [1.165, 1.54) is 0 Å². The predicted octanol–water partition coefficient (Wildman–Crippen LogP) is 4.42. The molecule has 2 fully saturated rings. The van der Waals surface area contributed by atoms with Crippen LogP contribution in [0.1, 0.15) is 64.5 Å². The van der Waals surface area contributed by atoms with Gasteiger partial charge in [0.25, 0.3) is 0 Å². The SMILES string of the molecule is CC(C)(C)C(=O)[C@@H]1[C@H]2c3ccccc3OC(=O)[C@]12C(=O)[C@@]12C(=O)Oc3ccccc3[C@@H]1[C@@H]2C(=O)C(C)(C)C. The molecule has 6 rings (SSSR count). The molecule has 0 unspecified atom stereocenters. The Bertz CT molecular complexity index is 1360. The van der Waals surface area contributed by atoms with Gasteiger partial charge < -0.3 is 9.47 Å². The van der Waals surface area contributed by atoms with Gasteiger partial charge in [0, 0.05) is 33.8 Å². The number of para-hydroxylation sites is 2. The third-order valence-electron chi connectivity index (χ3n) is 8.79. The lowest BCUT2D eigenvalue weighted by atomic mass is 9.76. The fourth-order valence-corrected chi connectivity index (χ4v) is 6.90. The number of Topliss-reactive ketones (excluding diaryl/α,β-unsaturated/α-hetero) is 3. The number of rotatable bonds is 4. The zero-order chi connectivity index (χ0) is 27.6. The molecule has 7 heteroatoms. The molecule has 0 N–H and O–H groups in total. The van der Waals surface area contributed by atoms with Crippen molar-refractivity contribution in [1.82, 2.24) is 0 Å². The molecule has 0 amide bonds. The molecule has 2 saturated carbocycles. The molecule has 0 radical (unpaired) electrons. The number of benzene rings is 2. The number of carbonyl (C=O) groups is 5. The van der Waals surface area contributed by atoms with Gasteiger partial charge in [-0.05, 0) is 12.1 Å². The van der Waals surface area contributed by atoms with Crippen LogP contribution in [0.15, 0.2) is 48.5 Å². The van der Waals surface area contributed by atoms with Crippen LogP contribution in [0.3, 0.4) is 0 Å². The average molecular weight is 515 g/mol. The Morgan fingerprint density at radius 2 is 0.974 bits per heavy atom. The Labute approximate surface area is 220 Å². The number of ether oxygens (including phenoxy) is 2. The molecule has 7 nitrogen and oxygen atoms in total. The summed E-state index contributed by atoms with van der Waals surface area (Å²) in [6, 6.07) is 13.7. The van der Waals surface area contributed by atoms with Crippen LogP contribution in [-0.4, -0.2) is 29.3 Å².